The maximum Gasteiger partial charge on any atom is 0.336 e. The van der Waals surface area contributed by atoms with E-state index in [1.165, 1.54) is 0 Å². The van der Waals surface area contributed by atoms with Crippen LogP contribution in [0.3, 0.4) is 0 Å². The summed E-state index contributed by atoms with van der Waals surface area (Å²) in [5, 5.41) is 0.913. The smallest absolute Gasteiger partial charge is 0.336 e. The Morgan fingerprint density at radius 1 is 1.21 bits per heavy atom. The fourth-order valence-electron chi connectivity index (χ4n) is 2.73. The minimum atomic E-state index is -0.367. The second-order valence-electron chi connectivity index (χ2n) is 5.71. The minimum absolute atomic E-state index is 0.114. The van der Waals surface area contributed by atoms with Crippen molar-refractivity contribution in [3.63, 3.8) is 0 Å². The summed E-state index contributed by atoms with van der Waals surface area (Å²) in [7, 11) is 0. The van der Waals surface area contributed by atoms with Crippen molar-refractivity contribution in [1.29, 1.82) is 0 Å². The highest BCUT2D eigenvalue weighted by Crippen LogP contribution is 2.33. The van der Waals surface area contributed by atoms with Crippen LogP contribution in [0.25, 0.3) is 22.1 Å². The lowest BCUT2D eigenvalue weighted by Gasteiger charge is -2.16. The Labute approximate surface area is 141 Å². The van der Waals surface area contributed by atoms with Crippen molar-refractivity contribution < 1.29 is 9.15 Å². The molecule has 2 aromatic carbocycles. The molecule has 3 rings (SSSR count). The van der Waals surface area contributed by atoms with E-state index in [9.17, 15) is 4.79 Å². The van der Waals surface area contributed by atoms with Crippen LogP contribution in [0.5, 0.6) is 5.75 Å². The molecule has 0 aliphatic carbocycles. The van der Waals surface area contributed by atoms with E-state index in [4.69, 9.17) is 9.15 Å². The highest BCUT2D eigenvalue weighted by atomic mass is 16.5. The predicted octanol–water partition coefficient (Wildman–Crippen LogP) is 4.98. The summed E-state index contributed by atoms with van der Waals surface area (Å²) in [4.78, 5) is 12.0. The maximum atomic E-state index is 12.0. The summed E-state index contributed by atoms with van der Waals surface area (Å²) < 4.78 is 11.3. The molecule has 0 saturated carbocycles. The number of ether oxygens (including phenoxy) is 1. The van der Waals surface area contributed by atoms with Gasteiger partial charge in [0, 0.05) is 17.5 Å². The molecule has 0 spiro atoms. The second kappa shape index (κ2) is 6.75. The first-order chi connectivity index (χ1) is 11.6. The Morgan fingerprint density at radius 3 is 2.62 bits per heavy atom. The number of fused-ring (bicyclic) bond motifs is 1. The first kappa shape index (κ1) is 16.1. The van der Waals surface area contributed by atoms with Crippen LogP contribution in [0.4, 0.5) is 0 Å². The van der Waals surface area contributed by atoms with Crippen molar-refractivity contribution >= 4 is 11.0 Å². The summed E-state index contributed by atoms with van der Waals surface area (Å²) in [5.41, 5.74) is 3.10. The van der Waals surface area contributed by atoms with E-state index in [1.54, 1.807) is 12.1 Å². The molecule has 1 aromatic heterocycles. The third-order valence-electron chi connectivity index (χ3n) is 4.04. The van der Waals surface area contributed by atoms with Crippen molar-refractivity contribution in [2.24, 2.45) is 0 Å². The van der Waals surface area contributed by atoms with Gasteiger partial charge in [0.05, 0.1) is 0 Å². The van der Waals surface area contributed by atoms with Gasteiger partial charge in [0.2, 0.25) is 0 Å². The first-order valence-electron chi connectivity index (χ1n) is 8.07. The van der Waals surface area contributed by atoms with E-state index < -0.39 is 0 Å². The standard InChI is InChI=1S/C21H20O3/c1-4-14(3)23-19-13-20-18(11-15(19)5-2)17(12-21(22)24-20)16-9-7-6-8-10-16/h4,6-14H,1,5H2,2-3H3. The quantitative estimate of drug-likeness (QED) is 0.492. The molecule has 1 heterocycles. The number of benzene rings is 2. The van der Waals surface area contributed by atoms with Gasteiger partial charge in [-0.1, -0.05) is 49.9 Å². The zero-order valence-corrected chi connectivity index (χ0v) is 13.9. The van der Waals surface area contributed by atoms with Crippen molar-refractivity contribution in [3.8, 4) is 16.9 Å². The molecule has 1 atom stereocenters. The molecule has 0 aliphatic rings. The number of hydrogen-bond donors (Lipinski definition) is 0. The van der Waals surface area contributed by atoms with E-state index >= 15 is 0 Å². The topological polar surface area (TPSA) is 39.4 Å². The summed E-state index contributed by atoms with van der Waals surface area (Å²) >= 11 is 0. The van der Waals surface area contributed by atoms with Gasteiger partial charge in [-0.2, -0.15) is 0 Å². The highest BCUT2D eigenvalue weighted by Gasteiger charge is 2.13. The molecule has 24 heavy (non-hydrogen) atoms. The summed E-state index contributed by atoms with van der Waals surface area (Å²) in [6.45, 7) is 7.75. The summed E-state index contributed by atoms with van der Waals surface area (Å²) in [6.07, 6.45) is 2.44. The monoisotopic (exact) mass is 320 g/mol. The Kier molecular flexibility index (Phi) is 4.52. The normalized spacial score (nSPS) is 12.1. The van der Waals surface area contributed by atoms with Crippen LogP contribution in [-0.4, -0.2) is 6.10 Å². The van der Waals surface area contributed by atoms with Crippen LogP contribution in [0.15, 0.2) is 70.4 Å². The molecule has 3 heteroatoms. The zero-order chi connectivity index (χ0) is 17.1. The SMILES string of the molecule is C=CC(C)Oc1cc2oc(=O)cc(-c3ccccc3)c2cc1CC. The van der Waals surface area contributed by atoms with Crippen LogP contribution >= 0.6 is 0 Å². The van der Waals surface area contributed by atoms with Gasteiger partial charge in [-0.3, -0.25) is 0 Å². The highest BCUT2D eigenvalue weighted by molar-refractivity contribution is 5.94. The van der Waals surface area contributed by atoms with Gasteiger partial charge in [-0.15, -0.1) is 0 Å². The predicted molar refractivity (Wildman–Crippen MR) is 97.6 cm³/mol. The molecular weight excluding hydrogens is 300 g/mol. The fraction of sp³-hybridized carbons (Fsp3) is 0.190. The first-order valence-corrected chi connectivity index (χ1v) is 8.07. The van der Waals surface area contributed by atoms with E-state index in [2.05, 4.69) is 13.5 Å². The molecule has 0 bridgehead atoms. The Morgan fingerprint density at radius 2 is 1.96 bits per heavy atom. The molecule has 122 valence electrons. The fourth-order valence-corrected chi connectivity index (χ4v) is 2.73. The van der Waals surface area contributed by atoms with E-state index in [0.29, 0.717) is 5.58 Å². The van der Waals surface area contributed by atoms with Gasteiger partial charge in [-0.05, 0) is 36.1 Å². The zero-order valence-electron chi connectivity index (χ0n) is 13.9. The van der Waals surface area contributed by atoms with Crippen LogP contribution in [0, 0.1) is 0 Å². The molecule has 1 unspecified atom stereocenters. The number of hydrogen-bond acceptors (Lipinski definition) is 3. The lowest BCUT2D eigenvalue weighted by atomic mass is 9.99. The molecule has 0 aliphatic heterocycles. The Hall–Kier alpha value is -2.81. The molecule has 3 aromatic rings. The Balaban J connectivity index is 2.25. The molecular formula is C21H20O3. The van der Waals surface area contributed by atoms with Gasteiger partial charge in [-0.25, -0.2) is 4.79 Å². The molecule has 0 amide bonds. The van der Waals surface area contributed by atoms with Crippen LogP contribution in [-0.2, 0) is 6.42 Å². The maximum absolute atomic E-state index is 12.0. The molecule has 0 N–H and O–H groups in total. The number of aryl methyl sites for hydroxylation is 1. The van der Waals surface area contributed by atoms with Gasteiger partial charge < -0.3 is 9.15 Å². The lowest BCUT2D eigenvalue weighted by Crippen LogP contribution is -2.09. The van der Waals surface area contributed by atoms with Crippen molar-refractivity contribution in [1.82, 2.24) is 0 Å². The van der Waals surface area contributed by atoms with E-state index in [0.717, 1.165) is 34.2 Å². The van der Waals surface area contributed by atoms with Gasteiger partial charge >= 0.3 is 5.63 Å². The second-order valence-corrected chi connectivity index (χ2v) is 5.71. The molecule has 0 radical (unpaired) electrons. The molecule has 0 saturated heterocycles. The van der Waals surface area contributed by atoms with Crippen LogP contribution in [0.1, 0.15) is 19.4 Å². The van der Waals surface area contributed by atoms with Crippen molar-refractivity contribution in [2.75, 3.05) is 0 Å². The number of rotatable bonds is 5. The van der Waals surface area contributed by atoms with Gasteiger partial charge in [0.1, 0.15) is 17.4 Å². The van der Waals surface area contributed by atoms with E-state index in [1.807, 2.05) is 49.4 Å². The molecule has 0 fully saturated rings. The van der Waals surface area contributed by atoms with Crippen LogP contribution < -0.4 is 10.4 Å². The average molecular weight is 320 g/mol. The summed E-state index contributed by atoms with van der Waals surface area (Å²) in [6, 6.07) is 15.3. The molecule has 3 nitrogen and oxygen atoms in total. The lowest BCUT2D eigenvalue weighted by molar-refractivity contribution is 0.267. The third kappa shape index (κ3) is 3.11. The van der Waals surface area contributed by atoms with Gasteiger partial charge in [0.15, 0.2) is 0 Å². The van der Waals surface area contributed by atoms with Crippen LogP contribution in [0.2, 0.25) is 0 Å². The third-order valence-corrected chi connectivity index (χ3v) is 4.04. The van der Waals surface area contributed by atoms with Crippen molar-refractivity contribution in [3.05, 3.63) is 77.2 Å². The summed E-state index contributed by atoms with van der Waals surface area (Å²) in [5.74, 6) is 0.728. The van der Waals surface area contributed by atoms with E-state index in [-0.39, 0.29) is 11.7 Å². The average Bonchev–Trinajstić information content (AvgIpc) is 2.61. The van der Waals surface area contributed by atoms with Gasteiger partial charge in [0.25, 0.3) is 0 Å². The van der Waals surface area contributed by atoms with Crippen molar-refractivity contribution in [2.45, 2.75) is 26.4 Å². The largest absolute Gasteiger partial charge is 0.486 e. The Bertz CT molecular complexity index is 923. The minimum Gasteiger partial charge on any atom is -0.486 e.